The fourth-order valence-corrected chi connectivity index (χ4v) is 2.10. The van der Waals surface area contributed by atoms with Crippen molar-refractivity contribution in [2.45, 2.75) is 45.8 Å². The molecule has 0 radical (unpaired) electrons. The minimum Gasteiger partial charge on any atom is -0.379 e. The molecule has 0 spiro atoms. The quantitative estimate of drug-likeness (QED) is 0.801. The summed E-state index contributed by atoms with van der Waals surface area (Å²) in [6, 6.07) is 5.47. The van der Waals surface area contributed by atoms with E-state index < -0.39 is 0 Å². The molecule has 102 valence electrons. The van der Waals surface area contributed by atoms with Crippen molar-refractivity contribution in [2.75, 3.05) is 13.7 Å². The second kappa shape index (κ2) is 7.49. The van der Waals surface area contributed by atoms with E-state index in [1.807, 2.05) is 12.1 Å². The molecule has 0 aliphatic heterocycles. The second-order valence-corrected chi connectivity index (χ2v) is 4.62. The number of aryl methyl sites for hydroxylation is 1. The van der Waals surface area contributed by atoms with Crippen LogP contribution in [0.2, 0.25) is 0 Å². The Bertz CT molecular complexity index is 364. The van der Waals surface area contributed by atoms with Gasteiger partial charge in [-0.25, -0.2) is 4.39 Å². The van der Waals surface area contributed by atoms with Gasteiger partial charge in [0.05, 0.1) is 12.1 Å². The molecule has 0 bridgehead atoms. The summed E-state index contributed by atoms with van der Waals surface area (Å²) in [7, 11) is 1.71. The standard InChI is InChI=1S/C15H24FNO/c1-5-9-17-15(14(6-2)18-4)12-8-7-11(3)13(16)10-12/h7-8,10,14-15,17H,5-6,9H2,1-4H3. The molecule has 0 saturated carbocycles. The van der Waals surface area contributed by atoms with Gasteiger partial charge < -0.3 is 10.1 Å². The number of hydrogen-bond donors (Lipinski definition) is 1. The highest BCUT2D eigenvalue weighted by Crippen LogP contribution is 2.23. The fourth-order valence-electron chi connectivity index (χ4n) is 2.10. The van der Waals surface area contributed by atoms with Crippen LogP contribution in [0.5, 0.6) is 0 Å². The lowest BCUT2D eigenvalue weighted by Gasteiger charge is -2.27. The Labute approximate surface area is 110 Å². The highest BCUT2D eigenvalue weighted by Gasteiger charge is 2.21. The highest BCUT2D eigenvalue weighted by atomic mass is 19.1. The molecule has 2 atom stereocenters. The minimum atomic E-state index is -0.151. The molecule has 1 aromatic carbocycles. The van der Waals surface area contributed by atoms with E-state index in [0.29, 0.717) is 5.56 Å². The third-order valence-electron chi connectivity index (χ3n) is 3.25. The number of nitrogens with one attached hydrogen (secondary N) is 1. The van der Waals surface area contributed by atoms with Crippen LogP contribution in [0.25, 0.3) is 0 Å². The zero-order chi connectivity index (χ0) is 13.5. The Morgan fingerprint density at radius 2 is 2.06 bits per heavy atom. The first-order valence-electron chi connectivity index (χ1n) is 6.66. The van der Waals surface area contributed by atoms with Gasteiger partial charge in [-0.05, 0) is 43.5 Å². The average Bonchev–Trinajstić information content (AvgIpc) is 2.38. The molecule has 1 rings (SSSR count). The van der Waals surface area contributed by atoms with Gasteiger partial charge in [0.1, 0.15) is 5.82 Å². The maximum absolute atomic E-state index is 13.7. The van der Waals surface area contributed by atoms with Crippen molar-refractivity contribution in [2.24, 2.45) is 0 Å². The topological polar surface area (TPSA) is 21.3 Å². The molecule has 3 heteroatoms. The average molecular weight is 253 g/mol. The maximum Gasteiger partial charge on any atom is 0.126 e. The Morgan fingerprint density at radius 3 is 2.56 bits per heavy atom. The minimum absolute atomic E-state index is 0.0510. The van der Waals surface area contributed by atoms with E-state index in [-0.39, 0.29) is 18.0 Å². The summed E-state index contributed by atoms with van der Waals surface area (Å²) in [5.74, 6) is -0.151. The van der Waals surface area contributed by atoms with Gasteiger partial charge in [-0.2, -0.15) is 0 Å². The molecule has 0 heterocycles. The van der Waals surface area contributed by atoms with Crippen LogP contribution < -0.4 is 5.32 Å². The van der Waals surface area contributed by atoms with Crippen LogP contribution in [0.1, 0.15) is 43.9 Å². The van der Waals surface area contributed by atoms with Crippen molar-refractivity contribution >= 4 is 0 Å². The highest BCUT2D eigenvalue weighted by molar-refractivity contribution is 5.26. The van der Waals surface area contributed by atoms with Gasteiger partial charge in [-0.1, -0.05) is 26.0 Å². The maximum atomic E-state index is 13.7. The van der Waals surface area contributed by atoms with E-state index >= 15 is 0 Å². The number of halogens is 1. The Hall–Kier alpha value is -0.930. The van der Waals surface area contributed by atoms with E-state index in [1.165, 1.54) is 0 Å². The molecular formula is C15H24FNO. The zero-order valence-electron chi connectivity index (χ0n) is 11.8. The van der Waals surface area contributed by atoms with Crippen LogP contribution in [-0.2, 0) is 4.74 Å². The first kappa shape index (κ1) is 15.1. The van der Waals surface area contributed by atoms with Crippen molar-refractivity contribution < 1.29 is 9.13 Å². The van der Waals surface area contributed by atoms with Crippen LogP contribution in [0.4, 0.5) is 4.39 Å². The third kappa shape index (κ3) is 3.79. The van der Waals surface area contributed by atoms with Crippen LogP contribution in [-0.4, -0.2) is 19.8 Å². The molecular weight excluding hydrogens is 229 g/mol. The predicted molar refractivity (Wildman–Crippen MR) is 73.3 cm³/mol. The molecule has 2 nitrogen and oxygen atoms in total. The largest absolute Gasteiger partial charge is 0.379 e. The summed E-state index contributed by atoms with van der Waals surface area (Å²) in [5, 5.41) is 3.44. The molecule has 0 amide bonds. The molecule has 0 aliphatic rings. The lowest BCUT2D eigenvalue weighted by atomic mass is 9.98. The van der Waals surface area contributed by atoms with E-state index in [0.717, 1.165) is 24.9 Å². The monoisotopic (exact) mass is 253 g/mol. The fraction of sp³-hybridized carbons (Fsp3) is 0.600. The first-order chi connectivity index (χ1) is 8.63. The Morgan fingerprint density at radius 1 is 1.33 bits per heavy atom. The molecule has 18 heavy (non-hydrogen) atoms. The van der Waals surface area contributed by atoms with E-state index in [1.54, 1.807) is 20.1 Å². The van der Waals surface area contributed by atoms with Crippen molar-refractivity contribution in [1.82, 2.24) is 5.32 Å². The lowest BCUT2D eigenvalue weighted by Crippen LogP contribution is -2.33. The van der Waals surface area contributed by atoms with Gasteiger partial charge in [0.2, 0.25) is 0 Å². The van der Waals surface area contributed by atoms with Gasteiger partial charge >= 0.3 is 0 Å². The van der Waals surface area contributed by atoms with Crippen LogP contribution in [0, 0.1) is 12.7 Å². The van der Waals surface area contributed by atoms with Crippen LogP contribution in [0.15, 0.2) is 18.2 Å². The van der Waals surface area contributed by atoms with Crippen molar-refractivity contribution in [3.63, 3.8) is 0 Å². The smallest absolute Gasteiger partial charge is 0.126 e. The molecule has 0 saturated heterocycles. The van der Waals surface area contributed by atoms with Crippen LogP contribution >= 0.6 is 0 Å². The lowest BCUT2D eigenvalue weighted by molar-refractivity contribution is 0.0650. The zero-order valence-corrected chi connectivity index (χ0v) is 11.8. The van der Waals surface area contributed by atoms with Gasteiger partial charge in [-0.3, -0.25) is 0 Å². The summed E-state index contributed by atoms with van der Waals surface area (Å²) in [4.78, 5) is 0. The van der Waals surface area contributed by atoms with Gasteiger partial charge in [0.25, 0.3) is 0 Å². The summed E-state index contributed by atoms with van der Waals surface area (Å²) < 4.78 is 19.2. The molecule has 0 aliphatic carbocycles. The number of benzene rings is 1. The number of rotatable bonds is 7. The molecule has 1 N–H and O–H groups in total. The molecule has 0 aromatic heterocycles. The predicted octanol–water partition coefficient (Wildman–Crippen LogP) is 3.60. The Balaban J connectivity index is 2.96. The number of methoxy groups -OCH3 is 1. The summed E-state index contributed by atoms with van der Waals surface area (Å²) >= 11 is 0. The van der Waals surface area contributed by atoms with Crippen LogP contribution in [0.3, 0.4) is 0 Å². The van der Waals surface area contributed by atoms with Crippen molar-refractivity contribution in [3.05, 3.63) is 35.1 Å². The second-order valence-electron chi connectivity index (χ2n) is 4.62. The molecule has 1 aromatic rings. The number of hydrogen-bond acceptors (Lipinski definition) is 2. The normalized spacial score (nSPS) is 14.5. The molecule has 0 fully saturated rings. The third-order valence-corrected chi connectivity index (χ3v) is 3.25. The van der Waals surface area contributed by atoms with Gasteiger partial charge in [-0.15, -0.1) is 0 Å². The first-order valence-corrected chi connectivity index (χ1v) is 6.66. The van der Waals surface area contributed by atoms with Crippen molar-refractivity contribution in [3.8, 4) is 0 Å². The Kier molecular flexibility index (Phi) is 6.30. The van der Waals surface area contributed by atoms with Gasteiger partial charge in [0, 0.05) is 7.11 Å². The summed E-state index contributed by atoms with van der Waals surface area (Å²) in [6.07, 6.45) is 2.01. The molecule has 2 unspecified atom stereocenters. The van der Waals surface area contributed by atoms with E-state index in [9.17, 15) is 4.39 Å². The summed E-state index contributed by atoms with van der Waals surface area (Å²) in [5.41, 5.74) is 1.64. The number of ether oxygens (including phenoxy) is 1. The van der Waals surface area contributed by atoms with Gasteiger partial charge in [0.15, 0.2) is 0 Å². The van der Waals surface area contributed by atoms with Crippen molar-refractivity contribution in [1.29, 1.82) is 0 Å². The van der Waals surface area contributed by atoms with E-state index in [4.69, 9.17) is 4.74 Å². The SMILES string of the molecule is CCCNC(c1ccc(C)c(F)c1)C(CC)OC. The summed E-state index contributed by atoms with van der Waals surface area (Å²) in [6.45, 7) is 6.88. The van der Waals surface area contributed by atoms with E-state index in [2.05, 4.69) is 19.2 Å².